The molecule has 1 aromatic carbocycles. The summed E-state index contributed by atoms with van der Waals surface area (Å²) in [6.07, 6.45) is 0.501. The maximum absolute atomic E-state index is 11.1. The molecule has 1 amide bonds. The minimum absolute atomic E-state index is 0.0527. The number of benzene rings is 1. The number of carbonyl (C=O) groups is 1. The number of ether oxygens (including phenoxy) is 1. The first-order valence-corrected chi connectivity index (χ1v) is 6.96. The van der Waals surface area contributed by atoms with E-state index < -0.39 is 0 Å². The molecular formula is C16H23N3O2. The summed E-state index contributed by atoms with van der Waals surface area (Å²) in [5.41, 5.74) is 6.25. The molecule has 0 bridgehead atoms. The molecular weight excluding hydrogens is 266 g/mol. The van der Waals surface area contributed by atoms with Gasteiger partial charge in [-0.3, -0.25) is 4.79 Å². The van der Waals surface area contributed by atoms with Crippen molar-refractivity contribution in [1.29, 1.82) is 0 Å². The van der Waals surface area contributed by atoms with Gasteiger partial charge >= 0.3 is 0 Å². The first kappa shape index (κ1) is 17.0. The SMILES string of the molecule is CNC(=O)CCN(C)CCOc1ccc(C#CCN)cc1. The van der Waals surface area contributed by atoms with Gasteiger partial charge in [-0.15, -0.1) is 0 Å². The topological polar surface area (TPSA) is 67.6 Å². The molecule has 0 atom stereocenters. The van der Waals surface area contributed by atoms with E-state index in [1.54, 1.807) is 7.05 Å². The lowest BCUT2D eigenvalue weighted by Crippen LogP contribution is -2.29. The lowest BCUT2D eigenvalue weighted by Gasteiger charge is -2.16. The van der Waals surface area contributed by atoms with Crippen LogP contribution in [0.5, 0.6) is 5.75 Å². The van der Waals surface area contributed by atoms with E-state index in [1.807, 2.05) is 31.3 Å². The van der Waals surface area contributed by atoms with Crippen LogP contribution in [0.3, 0.4) is 0 Å². The first-order chi connectivity index (χ1) is 10.2. The van der Waals surface area contributed by atoms with Crippen molar-refractivity contribution in [3.8, 4) is 17.6 Å². The summed E-state index contributed by atoms with van der Waals surface area (Å²) in [5.74, 6) is 6.64. The third kappa shape index (κ3) is 7.35. The van der Waals surface area contributed by atoms with Crippen molar-refractivity contribution in [2.24, 2.45) is 5.73 Å². The zero-order valence-corrected chi connectivity index (χ0v) is 12.7. The monoisotopic (exact) mass is 289 g/mol. The smallest absolute Gasteiger partial charge is 0.221 e. The van der Waals surface area contributed by atoms with Crippen LogP contribution >= 0.6 is 0 Å². The summed E-state index contributed by atoms with van der Waals surface area (Å²) >= 11 is 0. The van der Waals surface area contributed by atoms with Crippen LogP contribution in [0.1, 0.15) is 12.0 Å². The number of nitrogens with two attached hydrogens (primary N) is 1. The molecule has 0 aromatic heterocycles. The standard InChI is InChI=1S/C16H23N3O2/c1-18-16(20)9-11-19(2)12-13-21-15-7-5-14(6-8-15)4-3-10-17/h5-8H,9-13,17H2,1-2H3,(H,18,20). The Labute approximate surface area is 126 Å². The number of nitrogens with zero attached hydrogens (tertiary/aromatic N) is 1. The molecule has 0 aliphatic rings. The van der Waals surface area contributed by atoms with Crippen LogP contribution in [0.15, 0.2) is 24.3 Å². The van der Waals surface area contributed by atoms with Crippen molar-refractivity contribution in [2.75, 3.05) is 40.3 Å². The lowest BCUT2D eigenvalue weighted by molar-refractivity contribution is -0.120. The Morgan fingerprint density at radius 2 is 2.05 bits per heavy atom. The maximum atomic E-state index is 11.1. The molecule has 0 spiro atoms. The molecule has 0 saturated heterocycles. The van der Waals surface area contributed by atoms with E-state index in [0.717, 1.165) is 24.4 Å². The van der Waals surface area contributed by atoms with Crippen molar-refractivity contribution >= 4 is 5.91 Å². The highest BCUT2D eigenvalue weighted by molar-refractivity contribution is 5.75. The Hall–Kier alpha value is -2.03. The molecule has 0 aliphatic heterocycles. The number of likely N-dealkylation sites (N-methyl/N-ethyl adjacent to an activating group) is 1. The summed E-state index contributed by atoms with van der Waals surface area (Å²) in [7, 11) is 3.62. The Bertz CT molecular complexity index is 488. The second-order valence-corrected chi connectivity index (χ2v) is 4.61. The molecule has 21 heavy (non-hydrogen) atoms. The Morgan fingerprint density at radius 1 is 1.33 bits per heavy atom. The minimum atomic E-state index is 0.0527. The Balaban J connectivity index is 2.27. The first-order valence-electron chi connectivity index (χ1n) is 6.96. The molecule has 3 N–H and O–H groups in total. The molecule has 114 valence electrons. The average Bonchev–Trinajstić information content (AvgIpc) is 2.51. The second kappa shape index (κ2) is 9.81. The van der Waals surface area contributed by atoms with E-state index in [4.69, 9.17) is 10.5 Å². The van der Waals surface area contributed by atoms with Crippen molar-refractivity contribution in [3.05, 3.63) is 29.8 Å². The molecule has 0 heterocycles. The number of amides is 1. The summed E-state index contributed by atoms with van der Waals surface area (Å²) < 4.78 is 5.65. The van der Waals surface area contributed by atoms with Crippen LogP contribution in [0.4, 0.5) is 0 Å². The number of hydrogen-bond acceptors (Lipinski definition) is 4. The molecule has 0 radical (unpaired) electrons. The van der Waals surface area contributed by atoms with Gasteiger partial charge in [0.25, 0.3) is 0 Å². The molecule has 5 nitrogen and oxygen atoms in total. The molecule has 5 heteroatoms. The van der Waals surface area contributed by atoms with E-state index in [1.165, 1.54) is 0 Å². The predicted octanol–water partition coefficient (Wildman–Crippen LogP) is 0.444. The summed E-state index contributed by atoms with van der Waals surface area (Å²) in [6, 6.07) is 7.61. The zero-order chi connectivity index (χ0) is 15.5. The fraction of sp³-hybridized carbons (Fsp3) is 0.438. The highest BCUT2D eigenvalue weighted by Gasteiger charge is 2.03. The summed E-state index contributed by atoms with van der Waals surface area (Å²) in [6.45, 7) is 2.43. The van der Waals surface area contributed by atoms with Crippen LogP contribution in [-0.4, -0.2) is 51.1 Å². The van der Waals surface area contributed by atoms with Crippen LogP contribution in [0.25, 0.3) is 0 Å². The van der Waals surface area contributed by atoms with E-state index in [0.29, 0.717) is 19.6 Å². The van der Waals surface area contributed by atoms with Gasteiger partial charge in [-0.25, -0.2) is 0 Å². The molecule has 0 saturated carbocycles. The minimum Gasteiger partial charge on any atom is -0.492 e. The molecule has 0 aliphatic carbocycles. The number of nitrogens with one attached hydrogen (secondary N) is 1. The van der Waals surface area contributed by atoms with Crippen LogP contribution < -0.4 is 15.8 Å². The predicted molar refractivity (Wildman–Crippen MR) is 84.1 cm³/mol. The van der Waals surface area contributed by atoms with Gasteiger partial charge in [0.05, 0.1) is 6.54 Å². The maximum Gasteiger partial charge on any atom is 0.221 e. The molecule has 0 unspecified atom stereocenters. The normalized spacial score (nSPS) is 9.90. The van der Waals surface area contributed by atoms with Crippen molar-refractivity contribution in [2.45, 2.75) is 6.42 Å². The van der Waals surface area contributed by atoms with Crippen molar-refractivity contribution in [3.63, 3.8) is 0 Å². The third-order valence-corrected chi connectivity index (χ3v) is 2.93. The summed E-state index contributed by atoms with van der Waals surface area (Å²) in [4.78, 5) is 13.2. The van der Waals surface area contributed by atoms with E-state index in [2.05, 4.69) is 22.1 Å². The fourth-order valence-corrected chi connectivity index (χ4v) is 1.64. The average molecular weight is 289 g/mol. The van der Waals surface area contributed by atoms with E-state index in [9.17, 15) is 4.79 Å². The molecule has 1 rings (SSSR count). The third-order valence-electron chi connectivity index (χ3n) is 2.93. The van der Waals surface area contributed by atoms with Gasteiger partial charge in [0.2, 0.25) is 5.91 Å². The van der Waals surface area contributed by atoms with Gasteiger partial charge < -0.3 is 20.7 Å². The Morgan fingerprint density at radius 3 is 2.67 bits per heavy atom. The highest BCUT2D eigenvalue weighted by Crippen LogP contribution is 2.11. The van der Waals surface area contributed by atoms with E-state index in [-0.39, 0.29) is 5.91 Å². The van der Waals surface area contributed by atoms with Gasteiger partial charge in [0.1, 0.15) is 12.4 Å². The van der Waals surface area contributed by atoms with Gasteiger partial charge in [-0.1, -0.05) is 11.8 Å². The zero-order valence-electron chi connectivity index (χ0n) is 12.7. The lowest BCUT2D eigenvalue weighted by atomic mass is 10.2. The quantitative estimate of drug-likeness (QED) is 0.715. The van der Waals surface area contributed by atoms with Crippen LogP contribution in [0, 0.1) is 11.8 Å². The van der Waals surface area contributed by atoms with Crippen LogP contribution in [0.2, 0.25) is 0 Å². The molecule has 0 fully saturated rings. The number of carbonyl (C=O) groups excluding carboxylic acids is 1. The van der Waals surface area contributed by atoms with Crippen LogP contribution in [-0.2, 0) is 4.79 Å². The van der Waals surface area contributed by atoms with Gasteiger partial charge in [0.15, 0.2) is 0 Å². The number of rotatable bonds is 7. The summed E-state index contributed by atoms with van der Waals surface area (Å²) in [5, 5.41) is 2.61. The Kier molecular flexibility index (Phi) is 7.95. The largest absolute Gasteiger partial charge is 0.492 e. The van der Waals surface area contributed by atoms with Crippen molar-refractivity contribution in [1.82, 2.24) is 10.2 Å². The van der Waals surface area contributed by atoms with Crippen molar-refractivity contribution < 1.29 is 9.53 Å². The molecule has 1 aromatic rings. The van der Waals surface area contributed by atoms with E-state index >= 15 is 0 Å². The van der Waals surface area contributed by atoms with Gasteiger partial charge in [0, 0.05) is 32.1 Å². The van der Waals surface area contributed by atoms with Gasteiger partial charge in [-0.2, -0.15) is 0 Å². The second-order valence-electron chi connectivity index (χ2n) is 4.61. The highest BCUT2D eigenvalue weighted by atomic mass is 16.5. The van der Waals surface area contributed by atoms with Gasteiger partial charge in [-0.05, 0) is 31.3 Å². The number of hydrogen-bond donors (Lipinski definition) is 2. The fourth-order valence-electron chi connectivity index (χ4n) is 1.64.